The summed E-state index contributed by atoms with van der Waals surface area (Å²) in [5, 5.41) is 8.87. The van der Waals surface area contributed by atoms with Crippen LogP contribution < -0.4 is 15.4 Å². The number of nitrogens with zero attached hydrogens (tertiary/aromatic N) is 1. The summed E-state index contributed by atoms with van der Waals surface area (Å²) >= 11 is 0. The highest BCUT2D eigenvalue weighted by atomic mass is 19.4. The standard InChI is InChI=1S/C12H17F3N2O2/c1-2-19-11-6-9(16)5-10(7-11)17(3-4-18)8-12(13,14)15/h5-7,18H,2-4,8,16H2,1H3. The number of hydrogen-bond acceptors (Lipinski definition) is 4. The molecule has 3 N–H and O–H groups in total. The van der Waals surface area contributed by atoms with Gasteiger partial charge in [-0.3, -0.25) is 0 Å². The van der Waals surface area contributed by atoms with Crippen molar-refractivity contribution in [2.24, 2.45) is 0 Å². The number of anilines is 2. The highest BCUT2D eigenvalue weighted by Crippen LogP contribution is 2.28. The van der Waals surface area contributed by atoms with Gasteiger partial charge in [0.1, 0.15) is 12.3 Å². The van der Waals surface area contributed by atoms with E-state index in [0.717, 1.165) is 4.90 Å². The Labute approximate surface area is 109 Å². The summed E-state index contributed by atoms with van der Waals surface area (Å²) in [5.41, 5.74) is 6.22. The molecule has 1 aromatic rings. The summed E-state index contributed by atoms with van der Waals surface area (Å²) < 4.78 is 42.7. The van der Waals surface area contributed by atoms with Crippen molar-refractivity contribution in [3.63, 3.8) is 0 Å². The van der Waals surface area contributed by atoms with Crippen molar-refractivity contribution in [2.75, 3.05) is 36.9 Å². The Morgan fingerprint density at radius 1 is 1.32 bits per heavy atom. The number of halogens is 3. The van der Waals surface area contributed by atoms with Crippen molar-refractivity contribution in [1.29, 1.82) is 0 Å². The number of benzene rings is 1. The van der Waals surface area contributed by atoms with Crippen molar-refractivity contribution in [3.8, 4) is 5.75 Å². The van der Waals surface area contributed by atoms with Crippen LogP contribution in [0.25, 0.3) is 0 Å². The van der Waals surface area contributed by atoms with E-state index in [9.17, 15) is 13.2 Å². The van der Waals surface area contributed by atoms with Gasteiger partial charge >= 0.3 is 6.18 Å². The Balaban J connectivity index is 3.00. The highest BCUT2D eigenvalue weighted by molar-refractivity contribution is 5.60. The fraction of sp³-hybridized carbons (Fsp3) is 0.500. The van der Waals surface area contributed by atoms with E-state index in [1.807, 2.05) is 0 Å². The third kappa shape index (κ3) is 5.25. The third-order valence-electron chi connectivity index (χ3n) is 2.33. The summed E-state index contributed by atoms with van der Waals surface area (Å²) in [7, 11) is 0. The van der Waals surface area contributed by atoms with Crippen LogP contribution in [-0.4, -0.2) is 37.6 Å². The zero-order valence-electron chi connectivity index (χ0n) is 10.6. The van der Waals surface area contributed by atoms with Gasteiger partial charge in [-0.2, -0.15) is 13.2 Å². The van der Waals surface area contributed by atoms with Gasteiger partial charge in [0.25, 0.3) is 0 Å². The van der Waals surface area contributed by atoms with Gasteiger partial charge in [0, 0.05) is 30.1 Å². The second-order valence-electron chi connectivity index (χ2n) is 3.95. The summed E-state index contributed by atoms with van der Waals surface area (Å²) in [6.45, 7) is 0.498. The van der Waals surface area contributed by atoms with Crippen LogP contribution in [0.5, 0.6) is 5.75 Å². The molecule has 0 spiro atoms. The Kier molecular flexibility index (Phi) is 5.29. The van der Waals surface area contributed by atoms with Gasteiger partial charge < -0.3 is 20.5 Å². The van der Waals surface area contributed by atoms with E-state index in [0.29, 0.717) is 18.0 Å². The molecule has 0 fully saturated rings. The second-order valence-corrected chi connectivity index (χ2v) is 3.95. The van der Waals surface area contributed by atoms with Crippen molar-refractivity contribution in [1.82, 2.24) is 0 Å². The first-order chi connectivity index (χ1) is 8.85. The zero-order valence-corrected chi connectivity index (χ0v) is 10.6. The van der Waals surface area contributed by atoms with Crippen LogP contribution >= 0.6 is 0 Å². The normalized spacial score (nSPS) is 11.4. The molecular formula is C12H17F3N2O2. The molecule has 0 atom stereocenters. The van der Waals surface area contributed by atoms with E-state index in [1.54, 1.807) is 6.92 Å². The molecule has 4 nitrogen and oxygen atoms in total. The molecule has 0 aliphatic rings. The van der Waals surface area contributed by atoms with Gasteiger partial charge in [0.15, 0.2) is 0 Å². The summed E-state index contributed by atoms with van der Waals surface area (Å²) in [6, 6.07) is 4.43. The average Bonchev–Trinajstić information content (AvgIpc) is 2.26. The van der Waals surface area contributed by atoms with Gasteiger partial charge in [-0.15, -0.1) is 0 Å². The lowest BCUT2D eigenvalue weighted by Crippen LogP contribution is -2.36. The van der Waals surface area contributed by atoms with Crippen LogP contribution in [0.15, 0.2) is 18.2 Å². The van der Waals surface area contributed by atoms with Gasteiger partial charge in [-0.05, 0) is 13.0 Å². The smallest absolute Gasteiger partial charge is 0.405 e. The number of alkyl halides is 3. The highest BCUT2D eigenvalue weighted by Gasteiger charge is 2.31. The number of ether oxygens (including phenoxy) is 1. The summed E-state index contributed by atoms with van der Waals surface area (Å²) in [6.07, 6.45) is -4.36. The number of aliphatic hydroxyl groups is 1. The Morgan fingerprint density at radius 2 is 2.00 bits per heavy atom. The number of aliphatic hydroxyl groups excluding tert-OH is 1. The minimum atomic E-state index is -4.36. The maximum Gasteiger partial charge on any atom is 0.405 e. The fourth-order valence-corrected chi connectivity index (χ4v) is 1.67. The molecule has 108 valence electrons. The molecule has 0 saturated carbocycles. The molecule has 0 bridgehead atoms. The molecule has 1 rings (SSSR count). The van der Waals surface area contributed by atoms with E-state index in [1.165, 1.54) is 18.2 Å². The molecule has 0 amide bonds. The third-order valence-corrected chi connectivity index (χ3v) is 2.33. The molecule has 0 aromatic heterocycles. The lowest BCUT2D eigenvalue weighted by atomic mass is 10.2. The van der Waals surface area contributed by atoms with Crippen LogP contribution in [0.4, 0.5) is 24.5 Å². The maximum atomic E-state index is 12.5. The molecule has 7 heteroatoms. The SMILES string of the molecule is CCOc1cc(N)cc(N(CCO)CC(F)(F)F)c1. The number of nitrogens with two attached hydrogens (primary N) is 1. The van der Waals surface area contributed by atoms with E-state index >= 15 is 0 Å². The van der Waals surface area contributed by atoms with E-state index < -0.39 is 12.7 Å². The molecular weight excluding hydrogens is 261 g/mol. The maximum absolute atomic E-state index is 12.5. The van der Waals surface area contributed by atoms with Crippen LogP contribution in [0.1, 0.15) is 6.92 Å². The number of rotatable bonds is 6. The number of hydrogen-bond donors (Lipinski definition) is 2. The molecule has 0 unspecified atom stereocenters. The molecule has 19 heavy (non-hydrogen) atoms. The molecule has 0 aliphatic heterocycles. The Bertz CT molecular complexity index is 410. The first-order valence-electron chi connectivity index (χ1n) is 5.81. The second kappa shape index (κ2) is 6.51. The largest absolute Gasteiger partial charge is 0.494 e. The van der Waals surface area contributed by atoms with Gasteiger partial charge in [-0.1, -0.05) is 0 Å². The van der Waals surface area contributed by atoms with Crippen molar-refractivity contribution in [2.45, 2.75) is 13.1 Å². The topological polar surface area (TPSA) is 58.7 Å². The van der Waals surface area contributed by atoms with Crippen LogP contribution in [0, 0.1) is 0 Å². The van der Waals surface area contributed by atoms with E-state index in [-0.39, 0.29) is 18.8 Å². The van der Waals surface area contributed by atoms with Crippen LogP contribution in [0.3, 0.4) is 0 Å². The molecule has 0 radical (unpaired) electrons. The quantitative estimate of drug-likeness (QED) is 0.782. The lowest BCUT2D eigenvalue weighted by molar-refractivity contribution is -0.119. The Hall–Kier alpha value is -1.63. The first-order valence-corrected chi connectivity index (χ1v) is 5.81. The molecule has 0 heterocycles. The van der Waals surface area contributed by atoms with Gasteiger partial charge in [0.2, 0.25) is 0 Å². The fourth-order valence-electron chi connectivity index (χ4n) is 1.67. The zero-order chi connectivity index (χ0) is 14.5. The van der Waals surface area contributed by atoms with Crippen molar-refractivity contribution in [3.05, 3.63) is 18.2 Å². The molecule has 0 aliphatic carbocycles. The predicted octanol–water partition coefficient (Wildman–Crippen LogP) is 2.03. The average molecular weight is 278 g/mol. The first kappa shape index (κ1) is 15.4. The van der Waals surface area contributed by atoms with Crippen molar-refractivity contribution < 1.29 is 23.0 Å². The van der Waals surface area contributed by atoms with Gasteiger partial charge in [-0.25, -0.2) is 0 Å². The van der Waals surface area contributed by atoms with E-state index in [2.05, 4.69) is 0 Å². The minimum absolute atomic E-state index is 0.130. The van der Waals surface area contributed by atoms with Crippen molar-refractivity contribution >= 4 is 11.4 Å². The monoisotopic (exact) mass is 278 g/mol. The van der Waals surface area contributed by atoms with Crippen LogP contribution in [0.2, 0.25) is 0 Å². The van der Waals surface area contributed by atoms with Gasteiger partial charge in [0.05, 0.1) is 13.2 Å². The Morgan fingerprint density at radius 3 is 2.53 bits per heavy atom. The molecule has 1 aromatic carbocycles. The molecule has 0 saturated heterocycles. The number of nitrogen functional groups attached to an aromatic ring is 1. The predicted molar refractivity (Wildman–Crippen MR) is 67.4 cm³/mol. The van der Waals surface area contributed by atoms with E-state index in [4.69, 9.17) is 15.6 Å². The summed E-state index contributed by atoms with van der Waals surface area (Å²) in [4.78, 5) is 1.01. The lowest BCUT2D eigenvalue weighted by Gasteiger charge is -2.25. The minimum Gasteiger partial charge on any atom is -0.494 e. The summed E-state index contributed by atoms with van der Waals surface area (Å²) in [5.74, 6) is 0.405. The van der Waals surface area contributed by atoms with Crippen LogP contribution in [-0.2, 0) is 0 Å².